The van der Waals surface area contributed by atoms with E-state index in [0.29, 0.717) is 11.5 Å². The lowest BCUT2D eigenvalue weighted by Crippen LogP contribution is -2.45. The molecule has 0 amide bonds. The fourth-order valence-electron chi connectivity index (χ4n) is 4.07. The standard InChI is InChI=1S/C19H30N2O4S/c1-24-17-7-8-18(25-2)19(13-17)26(22,23)20-16-9-11-21(12-10-16)14-15-5-3-4-6-15/h7-8,13,15-16,20H,3-6,9-12,14H2,1-2H3. The predicted octanol–water partition coefficient (Wildman–Crippen LogP) is 2.64. The van der Waals surface area contributed by atoms with Gasteiger partial charge in [-0.25, -0.2) is 13.1 Å². The Bertz CT molecular complexity index is 693. The monoisotopic (exact) mass is 382 g/mol. The van der Waals surface area contributed by atoms with E-state index >= 15 is 0 Å². The van der Waals surface area contributed by atoms with Crippen molar-refractivity contribution in [2.45, 2.75) is 49.5 Å². The van der Waals surface area contributed by atoms with Crippen molar-refractivity contribution in [2.75, 3.05) is 33.9 Å². The molecule has 1 aromatic rings. The molecule has 1 aliphatic heterocycles. The highest BCUT2D eigenvalue weighted by molar-refractivity contribution is 7.89. The maximum absolute atomic E-state index is 12.8. The van der Waals surface area contributed by atoms with Crippen LogP contribution in [-0.2, 0) is 10.0 Å². The molecule has 1 aromatic carbocycles. The SMILES string of the molecule is COc1ccc(OC)c(S(=O)(=O)NC2CCN(CC3CCCC3)CC2)c1. The Morgan fingerprint density at radius 2 is 1.77 bits per heavy atom. The fourth-order valence-corrected chi connectivity index (χ4v) is 5.56. The summed E-state index contributed by atoms with van der Waals surface area (Å²) < 4.78 is 38.9. The molecule has 1 saturated carbocycles. The molecule has 6 nitrogen and oxygen atoms in total. The Kier molecular flexibility index (Phi) is 6.42. The Morgan fingerprint density at radius 1 is 1.08 bits per heavy atom. The lowest BCUT2D eigenvalue weighted by atomic mass is 10.0. The molecular weight excluding hydrogens is 352 g/mol. The highest BCUT2D eigenvalue weighted by atomic mass is 32.2. The van der Waals surface area contributed by atoms with E-state index < -0.39 is 10.0 Å². The van der Waals surface area contributed by atoms with Crippen molar-refractivity contribution in [1.29, 1.82) is 0 Å². The largest absolute Gasteiger partial charge is 0.497 e. The van der Waals surface area contributed by atoms with E-state index in [1.54, 1.807) is 12.1 Å². The van der Waals surface area contributed by atoms with Crippen molar-refractivity contribution in [3.63, 3.8) is 0 Å². The first kappa shape index (κ1) is 19.5. The number of benzene rings is 1. The number of sulfonamides is 1. The zero-order valence-corrected chi connectivity index (χ0v) is 16.6. The number of ether oxygens (including phenoxy) is 2. The zero-order chi connectivity index (χ0) is 18.6. The third kappa shape index (κ3) is 4.69. The second kappa shape index (κ2) is 8.59. The third-order valence-electron chi connectivity index (χ3n) is 5.56. The molecule has 2 fully saturated rings. The number of methoxy groups -OCH3 is 2. The first-order chi connectivity index (χ1) is 12.5. The van der Waals surface area contributed by atoms with Crippen molar-refractivity contribution in [2.24, 2.45) is 5.92 Å². The van der Waals surface area contributed by atoms with Crippen LogP contribution >= 0.6 is 0 Å². The molecule has 26 heavy (non-hydrogen) atoms. The van der Waals surface area contributed by atoms with Crippen LogP contribution in [0, 0.1) is 5.92 Å². The van der Waals surface area contributed by atoms with Gasteiger partial charge < -0.3 is 14.4 Å². The van der Waals surface area contributed by atoms with Gasteiger partial charge in [-0.2, -0.15) is 0 Å². The van der Waals surface area contributed by atoms with Gasteiger partial charge in [-0.3, -0.25) is 0 Å². The number of piperidine rings is 1. The molecule has 0 atom stereocenters. The molecule has 0 unspecified atom stereocenters. The molecule has 1 saturated heterocycles. The van der Waals surface area contributed by atoms with Gasteiger partial charge in [0.05, 0.1) is 14.2 Å². The number of nitrogens with zero attached hydrogens (tertiary/aromatic N) is 1. The highest BCUT2D eigenvalue weighted by Crippen LogP contribution is 2.29. The fraction of sp³-hybridized carbons (Fsp3) is 0.684. The maximum atomic E-state index is 12.8. The van der Waals surface area contributed by atoms with Crippen molar-refractivity contribution >= 4 is 10.0 Å². The van der Waals surface area contributed by atoms with E-state index in [-0.39, 0.29) is 10.9 Å². The van der Waals surface area contributed by atoms with Gasteiger partial charge in [-0.05, 0) is 56.8 Å². The second-order valence-corrected chi connectivity index (χ2v) is 9.05. The lowest BCUT2D eigenvalue weighted by molar-refractivity contribution is 0.180. The van der Waals surface area contributed by atoms with Crippen LogP contribution in [0.1, 0.15) is 38.5 Å². The van der Waals surface area contributed by atoms with Gasteiger partial charge in [-0.1, -0.05) is 12.8 Å². The zero-order valence-electron chi connectivity index (χ0n) is 15.7. The number of rotatable bonds is 7. The molecule has 0 bridgehead atoms. The summed E-state index contributed by atoms with van der Waals surface area (Å²) >= 11 is 0. The van der Waals surface area contributed by atoms with Gasteiger partial charge in [0.15, 0.2) is 0 Å². The molecule has 1 heterocycles. The van der Waals surface area contributed by atoms with Crippen LogP contribution in [0.3, 0.4) is 0 Å². The molecule has 0 aromatic heterocycles. The van der Waals surface area contributed by atoms with E-state index in [4.69, 9.17) is 9.47 Å². The summed E-state index contributed by atoms with van der Waals surface area (Å²) in [6.07, 6.45) is 7.12. The van der Waals surface area contributed by atoms with Gasteiger partial charge in [0.2, 0.25) is 10.0 Å². The smallest absolute Gasteiger partial charge is 0.244 e. The molecule has 0 spiro atoms. The minimum Gasteiger partial charge on any atom is -0.497 e. The number of hydrogen-bond acceptors (Lipinski definition) is 5. The quantitative estimate of drug-likeness (QED) is 0.785. The van der Waals surface area contributed by atoms with Crippen LogP contribution in [-0.4, -0.2) is 53.2 Å². The van der Waals surface area contributed by atoms with Crippen LogP contribution in [0.4, 0.5) is 0 Å². The van der Waals surface area contributed by atoms with Crippen molar-refractivity contribution in [3.8, 4) is 11.5 Å². The van der Waals surface area contributed by atoms with E-state index in [2.05, 4.69) is 9.62 Å². The molecule has 1 N–H and O–H groups in total. The molecule has 1 aliphatic carbocycles. The highest BCUT2D eigenvalue weighted by Gasteiger charge is 2.28. The van der Waals surface area contributed by atoms with Crippen LogP contribution in [0.2, 0.25) is 0 Å². The second-order valence-electron chi connectivity index (χ2n) is 7.36. The summed E-state index contributed by atoms with van der Waals surface area (Å²) in [5, 5.41) is 0. The van der Waals surface area contributed by atoms with Gasteiger partial charge in [0.1, 0.15) is 16.4 Å². The summed E-state index contributed by atoms with van der Waals surface area (Å²) in [4.78, 5) is 2.63. The minimum absolute atomic E-state index is 0.0317. The average Bonchev–Trinajstić information content (AvgIpc) is 3.15. The van der Waals surface area contributed by atoms with Gasteiger partial charge >= 0.3 is 0 Å². The minimum atomic E-state index is -3.65. The van der Waals surface area contributed by atoms with Crippen molar-refractivity contribution in [3.05, 3.63) is 18.2 Å². The topological polar surface area (TPSA) is 67.9 Å². The summed E-state index contributed by atoms with van der Waals surface area (Å²) in [5.41, 5.74) is 0. The van der Waals surface area contributed by atoms with Crippen LogP contribution < -0.4 is 14.2 Å². The third-order valence-corrected chi connectivity index (χ3v) is 7.10. The molecule has 7 heteroatoms. The van der Waals surface area contributed by atoms with Crippen molar-refractivity contribution in [1.82, 2.24) is 9.62 Å². The lowest BCUT2D eigenvalue weighted by Gasteiger charge is -2.33. The molecule has 146 valence electrons. The predicted molar refractivity (Wildman–Crippen MR) is 101 cm³/mol. The van der Waals surface area contributed by atoms with E-state index in [1.807, 2.05) is 0 Å². The maximum Gasteiger partial charge on any atom is 0.244 e. The Labute approximate surface area is 156 Å². The number of likely N-dealkylation sites (tertiary alicyclic amines) is 1. The molecular formula is C19H30N2O4S. The Morgan fingerprint density at radius 3 is 2.38 bits per heavy atom. The summed E-state index contributed by atoms with van der Waals surface area (Å²) in [7, 11) is -0.655. The summed E-state index contributed by atoms with van der Waals surface area (Å²) in [6.45, 7) is 3.08. The Balaban J connectivity index is 1.60. The van der Waals surface area contributed by atoms with E-state index in [1.165, 1.54) is 52.5 Å². The molecule has 0 radical (unpaired) electrons. The van der Waals surface area contributed by atoms with Crippen LogP contribution in [0.25, 0.3) is 0 Å². The summed E-state index contributed by atoms with van der Waals surface area (Å²) in [5.74, 6) is 1.67. The first-order valence-electron chi connectivity index (χ1n) is 9.48. The van der Waals surface area contributed by atoms with Crippen molar-refractivity contribution < 1.29 is 17.9 Å². The summed E-state index contributed by atoms with van der Waals surface area (Å²) in [6, 6.07) is 4.80. The van der Waals surface area contributed by atoms with Crippen LogP contribution in [0.5, 0.6) is 11.5 Å². The number of hydrogen-bond donors (Lipinski definition) is 1. The van der Waals surface area contributed by atoms with Gasteiger partial charge in [-0.15, -0.1) is 0 Å². The average molecular weight is 383 g/mol. The molecule has 3 rings (SSSR count). The molecule has 2 aliphatic rings. The van der Waals surface area contributed by atoms with E-state index in [9.17, 15) is 8.42 Å². The van der Waals surface area contributed by atoms with E-state index in [0.717, 1.165) is 31.8 Å². The first-order valence-corrected chi connectivity index (χ1v) is 11.0. The van der Waals surface area contributed by atoms with Gasteiger partial charge in [0, 0.05) is 18.7 Å². The van der Waals surface area contributed by atoms with Crippen LogP contribution in [0.15, 0.2) is 23.1 Å². The Hall–Kier alpha value is -1.31. The number of nitrogens with one attached hydrogen (secondary N) is 1. The normalized spacial score (nSPS) is 20.4. The van der Waals surface area contributed by atoms with Gasteiger partial charge in [0.25, 0.3) is 0 Å².